The number of benzene rings is 2. The van der Waals surface area contributed by atoms with Crippen molar-refractivity contribution in [2.75, 3.05) is 19.0 Å². The summed E-state index contributed by atoms with van der Waals surface area (Å²) >= 11 is 6.55. The Morgan fingerprint density at radius 3 is 2.76 bits per heavy atom. The second kappa shape index (κ2) is 9.58. The summed E-state index contributed by atoms with van der Waals surface area (Å²) < 4.78 is 5.56. The van der Waals surface area contributed by atoms with Gasteiger partial charge in [-0.3, -0.25) is 14.5 Å². The monoisotopic (exact) mass is 428 g/mol. The lowest BCUT2D eigenvalue weighted by atomic mass is 10.2. The van der Waals surface area contributed by atoms with E-state index >= 15 is 0 Å². The van der Waals surface area contributed by atoms with Crippen molar-refractivity contribution in [3.63, 3.8) is 0 Å². The van der Waals surface area contributed by atoms with Gasteiger partial charge in [0, 0.05) is 18.7 Å². The van der Waals surface area contributed by atoms with E-state index in [1.807, 2.05) is 30.3 Å². The van der Waals surface area contributed by atoms with E-state index in [2.05, 4.69) is 5.32 Å². The summed E-state index contributed by atoms with van der Waals surface area (Å²) in [4.78, 5) is 26.7. The van der Waals surface area contributed by atoms with Gasteiger partial charge in [0.15, 0.2) is 11.5 Å². The molecule has 2 amide bonds. The molecule has 1 saturated heterocycles. The van der Waals surface area contributed by atoms with E-state index in [1.165, 1.54) is 29.8 Å². The molecule has 3 rings (SSSR count). The third kappa shape index (κ3) is 5.36. The molecule has 1 fully saturated rings. The molecule has 2 aromatic rings. The molecule has 150 valence electrons. The lowest BCUT2D eigenvalue weighted by molar-refractivity contribution is -0.122. The molecule has 6 nitrogen and oxygen atoms in total. The molecule has 29 heavy (non-hydrogen) atoms. The number of rotatable bonds is 7. The van der Waals surface area contributed by atoms with Crippen LogP contribution < -0.4 is 10.1 Å². The van der Waals surface area contributed by atoms with Gasteiger partial charge in [-0.15, -0.1) is 0 Å². The predicted molar refractivity (Wildman–Crippen MR) is 119 cm³/mol. The Balaban J connectivity index is 1.57. The van der Waals surface area contributed by atoms with Crippen LogP contribution in [0.5, 0.6) is 11.5 Å². The van der Waals surface area contributed by atoms with Crippen LogP contribution in [0.25, 0.3) is 6.08 Å². The molecule has 0 aliphatic carbocycles. The van der Waals surface area contributed by atoms with Crippen molar-refractivity contribution in [3.05, 3.63) is 59.0 Å². The summed E-state index contributed by atoms with van der Waals surface area (Å²) in [5.74, 6) is 0.0773. The topological polar surface area (TPSA) is 78.9 Å². The molecular weight excluding hydrogens is 408 g/mol. The third-order valence-electron chi connectivity index (χ3n) is 4.22. The molecule has 1 aliphatic rings. The number of ether oxygens (including phenoxy) is 1. The summed E-state index contributed by atoms with van der Waals surface area (Å²) in [7, 11) is 1.46. The van der Waals surface area contributed by atoms with Gasteiger partial charge in [-0.1, -0.05) is 48.2 Å². The number of phenolic OH excluding ortho intramolecular Hbond substituents is 1. The number of carbonyl (C=O) groups is 2. The number of hydrogen-bond acceptors (Lipinski definition) is 6. The number of phenols is 1. The first-order chi connectivity index (χ1) is 14.0. The minimum absolute atomic E-state index is 0.0333. The van der Waals surface area contributed by atoms with E-state index in [0.717, 1.165) is 11.3 Å². The number of thioether (sulfide) groups is 1. The Bertz CT molecular complexity index is 960. The average molecular weight is 429 g/mol. The van der Waals surface area contributed by atoms with Gasteiger partial charge >= 0.3 is 0 Å². The fraction of sp³-hybridized carbons (Fsp3) is 0.190. The highest BCUT2D eigenvalue weighted by molar-refractivity contribution is 8.26. The standard InChI is InChI=1S/C21H20N2O4S2/c1-27-17-12-14(9-10-16(17)24)13-18-20(26)23(21(28)29-18)11-5-8-19(25)22-15-6-3-2-4-7-15/h2-4,6-7,9-10,12-13,24H,5,8,11H2,1H3,(H,22,25)/b18-13-. The van der Waals surface area contributed by atoms with Crippen LogP contribution >= 0.6 is 24.0 Å². The lowest BCUT2D eigenvalue weighted by Gasteiger charge is -2.14. The molecule has 0 saturated carbocycles. The lowest BCUT2D eigenvalue weighted by Crippen LogP contribution is -2.29. The van der Waals surface area contributed by atoms with E-state index in [4.69, 9.17) is 17.0 Å². The second-order valence-electron chi connectivity index (χ2n) is 6.28. The molecule has 0 unspecified atom stereocenters. The number of hydrogen-bond donors (Lipinski definition) is 2. The average Bonchev–Trinajstić information content (AvgIpc) is 2.97. The largest absolute Gasteiger partial charge is 0.504 e. The van der Waals surface area contributed by atoms with Crippen LogP contribution in [0, 0.1) is 0 Å². The summed E-state index contributed by atoms with van der Waals surface area (Å²) in [5, 5.41) is 12.5. The number of carbonyl (C=O) groups excluding carboxylic acids is 2. The van der Waals surface area contributed by atoms with Crippen molar-refractivity contribution in [2.45, 2.75) is 12.8 Å². The van der Waals surface area contributed by atoms with Crippen LogP contribution in [0.1, 0.15) is 18.4 Å². The quantitative estimate of drug-likeness (QED) is 0.512. The van der Waals surface area contributed by atoms with Crippen LogP contribution in [0.4, 0.5) is 5.69 Å². The van der Waals surface area contributed by atoms with Crippen LogP contribution in [-0.2, 0) is 9.59 Å². The van der Waals surface area contributed by atoms with E-state index in [-0.39, 0.29) is 17.6 Å². The summed E-state index contributed by atoms with van der Waals surface area (Å²) in [6, 6.07) is 14.1. The zero-order chi connectivity index (χ0) is 20.8. The zero-order valence-corrected chi connectivity index (χ0v) is 17.4. The van der Waals surface area contributed by atoms with Crippen molar-refractivity contribution < 1.29 is 19.4 Å². The highest BCUT2D eigenvalue weighted by Crippen LogP contribution is 2.34. The number of amides is 2. The molecule has 2 aromatic carbocycles. The van der Waals surface area contributed by atoms with E-state index < -0.39 is 0 Å². The minimum atomic E-state index is -0.185. The van der Waals surface area contributed by atoms with Gasteiger partial charge < -0.3 is 15.2 Å². The number of methoxy groups -OCH3 is 1. The van der Waals surface area contributed by atoms with Crippen molar-refractivity contribution in [1.82, 2.24) is 4.90 Å². The highest BCUT2D eigenvalue weighted by atomic mass is 32.2. The Kier molecular flexibility index (Phi) is 6.90. The van der Waals surface area contributed by atoms with Gasteiger partial charge in [-0.2, -0.15) is 0 Å². The van der Waals surface area contributed by atoms with Gasteiger partial charge in [-0.05, 0) is 42.3 Å². The Morgan fingerprint density at radius 2 is 2.03 bits per heavy atom. The molecule has 2 N–H and O–H groups in total. The summed E-state index contributed by atoms with van der Waals surface area (Å²) in [6.07, 6.45) is 2.51. The van der Waals surface area contributed by atoms with Gasteiger partial charge in [0.2, 0.25) is 5.91 Å². The molecule has 8 heteroatoms. The van der Waals surface area contributed by atoms with Crippen molar-refractivity contribution >= 4 is 51.9 Å². The Labute approximate surface area is 178 Å². The van der Waals surface area contributed by atoms with Crippen LogP contribution in [-0.4, -0.2) is 39.8 Å². The minimum Gasteiger partial charge on any atom is -0.504 e. The molecule has 0 aromatic heterocycles. The zero-order valence-electron chi connectivity index (χ0n) is 15.8. The third-order valence-corrected chi connectivity index (χ3v) is 5.60. The molecule has 0 atom stereocenters. The van der Waals surface area contributed by atoms with E-state index in [9.17, 15) is 14.7 Å². The molecule has 0 bridgehead atoms. The number of anilines is 1. The normalized spacial score (nSPS) is 15.1. The number of thiocarbonyl (C=S) groups is 1. The van der Waals surface area contributed by atoms with Crippen LogP contribution in [0.2, 0.25) is 0 Å². The number of nitrogens with zero attached hydrogens (tertiary/aromatic N) is 1. The van der Waals surface area contributed by atoms with Gasteiger partial charge in [0.1, 0.15) is 4.32 Å². The van der Waals surface area contributed by atoms with Crippen molar-refractivity contribution in [3.8, 4) is 11.5 Å². The Morgan fingerprint density at radius 1 is 1.28 bits per heavy atom. The van der Waals surface area contributed by atoms with E-state index in [1.54, 1.807) is 18.2 Å². The second-order valence-corrected chi connectivity index (χ2v) is 7.96. The highest BCUT2D eigenvalue weighted by Gasteiger charge is 2.31. The number of para-hydroxylation sites is 1. The maximum absolute atomic E-state index is 12.7. The maximum Gasteiger partial charge on any atom is 0.266 e. The fourth-order valence-electron chi connectivity index (χ4n) is 2.77. The van der Waals surface area contributed by atoms with E-state index in [0.29, 0.717) is 34.4 Å². The summed E-state index contributed by atoms with van der Waals surface area (Å²) in [6.45, 7) is 0.378. The van der Waals surface area contributed by atoms with Crippen molar-refractivity contribution in [2.24, 2.45) is 0 Å². The summed E-state index contributed by atoms with van der Waals surface area (Å²) in [5.41, 5.74) is 1.47. The SMILES string of the molecule is COc1cc(/C=C2\SC(=S)N(CCCC(=O)Nc3ccccc3)C2=O)ccc1O. The van der Waals surface area contributed by atoms with Gasteiger partial charge in [0.25, 0.3) is 5.91 Å². The number of nitrogens with one attached hydrogen (secondary N) is 1. The molecule has 1 aliphatic heterocycles. The molecular formula is C21H20N2O4S2. The Hall–Kier alpha value is -2.84. The first-order valence-corrected chi connectivity index (χ1v) is 10.2. The smallest absolute Gasteiger partial charge is 0.266 e. The van der Waals surface area contributed by atoms with Gasteiger partial charge in [0.05, 0.1) is 12.0 Å². The number of aromatic hydroxyl groups is 1. The van der Waals surface area contributed by atoms with Crippen LogP contribution in [0.15, 0.2) is 53.4 Å². The predicted octanol–water partition coefficient (Wildman–Crippen LogP) is 4.02. The maximum atomic E-state index is 12.7. The fourth-order valence-corrected chi connectivity index (χ4v) is 4.08. The first-order valence-electron chi connectivity index (χ1n) is 8.95. The van der Waals surface area contributed by atoms with Crippen LogP contribution in [0.3, 0.4) is 0 Å². The molecule has 0 radical (unpaired) electrons. The molecule has 0 spiro atoms. The first kappa shape index (κ1) is 20.9. The molecule has 1 heterocycles. The van der Waals surface area contributed by atoms with Gasteiger partial charge in [-0.25, -0.2) is 0 Å². The van der Waals surface area contributed by atoms with Crippen molar-refractivity contribution in [1.29, 1.82) is 0 Å².